The molecule has 9 heteroatoms. The molecule has 0 aliphatic carbocycles. The first-order valence-electron chi connectivity index (χ1n) is 11.1. The molecule has 0 aliphatic rings. The number of hydrogen-bond acceptors (Lipinski definition) is 5. The second kappa shape index (κ2) is 10.8. The summed E-state index contributed by atoms with van der Waals surface area (Å²) in [7, 11) is 0. The number of carboxylic acids is 1. The highest BCUT2D eigenvalue weighted by Crippen LogP contribution is 2.35. The summed E-state index contributed by atoms with van der Waals surface area (Å²) >= 11 is 12.3. The van der Waals surface area contributed by atoms with Gasteiger partial charge in [0.15, 0.2) is 11.5 Å². The average Bonchev–Trinajstić information content (AvgIpc) is 3.28. The molecule has 36 heavy (non-hydrogen) atoms. The van der Waals surface area contributed by atoms with E-state index in [4.69, 9.17) is 32.6 Å². The highest BCUT2D eigenvalue weighted by atomic mass is 35.5. The second-order valence-corrected chi connectivity index (χ2v) is 8.89. The van der Waals surface area contributed by atoms with Crippen molar-refractivity contribution in [2.75, 3.05) is 6.54 Å². The molecule has 3 aromatic carbocycles. The van der Waals surface area contributed by atoms with E-state index in [1.807, 2.05) is 31.2 Å². The fraction of sp³-hybridized carbons (Fsp3) is 0.148. The summed E-state index contributed by atoms with van der Waals surface area (Å²) in [5, 5.41) is 15.3. The van der Waals surface area contributed by atoms with E-state index in [2.05, 4.69) is 5.16 Å². The third kappa shape index (κ3) is 5.53. The van der Waals surface area contributed by atoms with Crippen molar-refractivity contribution in [3.8, 4) is 28.3 Å². The Morgan fingerprint density at radius 3 is 2.47 bits per heavy atom. The molecule has 1 heterocycles. The quantitative estimate of drug-likeness (QED) is 0.257. The summed E-state index contributed by atoms with van der Waals surface area (Å²) in [6, 6.07) is 19.0. The standard InChI is InChI=1S/C27H22Cl2N2O5/c1-3-31(36-22-11-10-20(28)15-21(22)29)27(34)24-25(18-8-5-7-17(13-18)14-23(32)33)30-35-26(24)19-9-4-6-16(2)12-19/h4-13,15H,3,14H2,1-2H3,(H,32,33). The lowest BCUT2D eigenvalue weighted by Crippen LogP contribution is -2.34. The molecule has 0 bridgehead atoms. The molecular formula is C27H22Cl2N2O5. The third-order valence-corrected chi connectivity index (χ3v) is 5.89. The first-order valence-corrected chi connectivity index (χ1v) is 11.8. The minimum absolute atomic E-state index is 0.168. The number of hydrogen-bond donors (Lipinski definition) is 1. The maximum atomic E-state index is 13.9. The van der Waals surface area contributed by atoms with Gasteiger partial charge in [-0.25, -0.2) is 0 Å². The van der Waals surface area contributed by atoms with Crippen molar-refractivity contribution in [1.82, 2.24) is 10.2 Å². The van der Waals surface area contributed by atoms with Crippen molar-refractivity contribution in [3.05, 3.63) is 93.5 Å². The number of nitrogens with zero attached hydrogens (tertiary/aromatic N) is 2. The number of aromatic nitrogens is 1. The number of hydroxylamine groups is 2. The number of carbonyl (C=O) groups excluding carboxylic acids is 1. The van der Waals surface area contributed by atoms with Crippen molar-refractivity contribution < 1.29 is 24.1 Å². The monoisotopic (exact) mass is 524 g/mol. The zero-order chi connectivity index (χ0) is 25.8. The summed E-state index contributed by atoms with van der Waals surface area (Å²) in [6.45, 7) is 3.88. The van der Waals surface area contributed by atoms with Crippen LogP contribution in [0.4, 0.5) is 0 Å². The van der Waals surface area contributed by atoms with Crippen LogP contribution >= 0.6 is 23.2 Å². The van der Waals surface area contributed by atoms with Crippen molar-refractivity contribution in [3.63, 3.8) is 0 Å². The molecule has 4 rings (SSSR count). The summed E-state index contributed by atoms with van der Waals surface area (Å²) in [5.74, 6) is -0.934. The normalized spacial score (nSPS) is 10.8. The lowest BCUT2D eigenvalue weighted by Gasteiger charge is -2.22. The van der Waals surface area contributed by atoms with Crippen LogP contribution in [0.2, 0.25) is 10.0 Å². The average molecular weight is 525 g/mol. The first-order chi connectivity index (χ1) is 17.3. The Morgan fingerprint density at radius 2 is 1.78 bits per heavy atom. The van der Waals surface area contributed by atoms with E-state index in [0.717, 1.165) is 10.6 Å². The SMILES string of the molecule is CCN(Oc1ccc(Cl)cc1Cl)C(=O)c1c(-c2cccc(CC(=O)O)c2)noc1-c1cccc(C)c1. The van der Waals surface area contributed by atoms with Crippen LogP contribution in [-0.2, 0) is 11.2 Å². The minimum atomic E-state index is -0.963. The van der Waals surface area contributed by atoms with Gasteiger partial charge in [0, 0.05) is 16.1 Å². The van der Waals surface area contributed by atoms with Crippen molar-refractivity contribution >= 4 is 35.1 Å². The zero-order valence-electron chi connectivity index (χ0n) is 19.5. The summed E-state index contributed by atoms with van der Waals surface area (Å²) in [5.41, 5.74) is 3.20. The molecule has 0 radical (unpaired) electrons. The smallest absolute Gasteiger partial charge is 0.307 e. The number of carbonyl (C=O) groups is 2. The maximum Gasteiger partial charge on any atom is 0.307 e. The number of aryl methyl sites for hydroxylation is 1. The van der Waals surface area contributed by atoms with Crippen LogP contribution in [0.1, 0.15) is 28.4 Å². The predicted molar refractivity (Wildman–Crippen MR) is 137 cm³/mol. The molecule has 4 aromatic rings. The van der Waals surface area contributed by atoms with Crippen molar-refractivity contribution in [2.24, 2.45) is 0 Å². The number of aliphatic carboxylic acids is 1. The fourth-order valence-corrected chi connectivity index (χ4v) is 4.16. The Morgan fingerprint density at radius 1 is 1.03 bits per heavy atom. The molecule has 0 unspecified atom stereocenters. The van der Waals surface area contributed by atoms with Crippen LogP contribution in [0.15, 0.2) is 71.3 Å². The van der Waals surface area contributed by atoms with E-state index < -0.39 is 11.9 Å². The number of carboxylic acid groups (broad SMARTS) is 1. The van der Waals surface area contributed by atoms with Gasteiger partial charge in [-0.3, -0.25) is 9.59 Å². The lowest BCUT2D eigenvalue weighted by molar-refractivity contribution is -0.136. The molecule has 1 aromatic heterocycles. The maximum absolute atomic E-state index is 13.9. The Kier molecular flexibility index (Phi) is 7.62. The molecule has 0 aliphatic heterocycles. The second-order valence-electron chi connectivity index (χ2n) is 8.04. The van der Waals surface area contributed by atoms with Crippen LogP contribution in [0.3, 0.4) is 0 Å². The molecule has 0 spiro atoms. The van der Waals surface area contributed by atoms with Gasteiger partial charge >= 0.3 is 5.97 Å². The summed E-state index contributed by atoms with van der Waals surface area (Å²) in [6.07, 6.45) is -0.168. The van der Waals surface area contributed by atoms with Crippen molar-refractivity contribution in [2.45, 2.75) is 20.3 Å². The number of rotatable bonds is 8. The minimum Gasteiger partial charge on any atom is -0.481 e. The van der Waals surface area contributed by atoms with Gasteiger partial charge < -0.3 is 14.5 Å². The van der Waals surface area contributed by atoms with Gasteiger partial charge in [0.25, 0.3) is 5.91 Å². The topological polar surface area (TPSA) is 92.9 Å². The number of amides is 1. The predicted octanol–water partition coefficient (Wildman–Crippen LogP) is 6.71. The summed E-state index contributed by atoms with van der Waals surface area (Å²) in [4.78, 5) is 31.0. The summed E-state index contributed by atoms with van der Waals surface area (Å²) < 4.78 is 5.70. The first kappa shape index (κ1) is 25.3. The molecule has 0 saturated carbocycles. The third-order valence-electron chi connectivity index (χ3n) is 5.36. The van der Waals surface area contributed by atoms with Crippen LogP contribution in [0.5, 0.6) is 5.75 Å². The van der Waals surface area contributed by atoms with Gasteiger partial charge in [0.1, 0.15) is 11.3 Å². The Balaban J connectivity index is 1.82. The molecule has 1 amide bonds. The van der Waals surface area contributed by atoms with Crippen LogP contribution in [-0.4, -0.2) is 33.7 Å². The van der Waals surface area contributed by atoms with Crippen LogP contribution < -0.4 is 4.84 Å². The van der Waals surface area contributed by atoms with Gasteiger partial charge in [-0.1, -0.05) is 70.3 Å². The molecule has 184 valence electrons. The van der Waals surface area contributed by atoms with Crippen LogP contribution in [0, 0.1) is 6.92 Å². The van der Waals surface area contributed by atoms with E-state index in [9.17, 15) is 14.7 Å². The van der Waals surface area contributed by atoms with E-state index in [1.54, 1.807) is 43.3 Å². The highest BCUT2D eigenvalue weighted by Gasteiger charge is 2.30. The number of halogens is 2. The Labute approximate surface area is 217 Å². The lowest BCUT2D eigenvalue weighted by atomic mass is 9.99. The molecule has 1 N–H and O–H groups in total. The Hall–Kier alpha value is -3.81. The van der Waals surface area contributed by atoms with E-state index in [-0.39, 0.29) is 40.8 Å². The van der Waals surface area contributed by atoms with Gasteiger partial charge in [-0.15, -0.1) is 0 Å². The van der Waals surface area contributed by atoms with Gasteiger partial charge in [-0.05, 0) is 49.7 Å². The van der Waals surface area contributed by atoms with Gasteiger partial charge in [-0.2, -0.15) is 5.06 Å². The van der Waals surface area contributed by atoms with E-state index in [0.29, 0.717) is 21.7 Å². The molecule has 0 saturated heterocycles. The van der Waals surface area contributed by atoms with Gasteiger partial charge in [0.2, 0.25) is 0 Å². The Bertz CT molecular complexity index is 1430. The van der Waals surface area contributed by atoms with Crippen molar-refractivity contribution in [1.29, 1.82) is 0 Å². The van der Waals surface area contributed by atoms with E-state index >= 15 is 0 Å². The molecule has 0 fully saturated rings. The zero-order valence-corrected chi connectivity index (χ0v) is 21.0. The molecular weight excluding hydrogens is 503 g/mol. The van der Waals surface area contributed by atoms with Gasteiger partial charge in [0.05, 0.1) is 18.0 Å². The highest BCUT2D eigenvalue weighted by molar-refractivity contribution is 6.35. The largest absolute Gasteiger partial charge is 0.481 e. The number of benzene rings is 3. The fourth-order valence-electron chi connectivity index (χ4n) is 3.71. The van der Waals surface area contributed by atoms with Crippen LogP contribution in [0.25, 0.3) is 22.6 Å². The molecule has 7 nitrogen and oxygen atoms in total. The molecule has 0 atom stereocenters. The van der Waals surface area contributed by atoms with E-state index in [1.165, 1.54) is 6.07 Å².